The van der Waals surface area contributed by atoms with Crippen LogP contribution in [0.3, 0.4) is 0 Å². The highest BCUT2D eigenvalue weighted by Gasteiger charge is 2.58. The summed E-state index contributed by atoms with van der Waals surface area (Å²) in [6, 6.07) is 0.368. The van der Waals surface area contributed by atoms with E-state index < -0.39 is 0 Å². The molecule has 1 saturated heterocycles. The lowest BCUT2D eigenvalue weighted by Crippen LogP contribution is -2.69. The van der Waals surface area contributed by atoms with Crippen LogP contribution < -0.4 is 10.6 Å². The lowest BCUT2D eigenvalue weighted by Gasteiger charge is -2.59. The van der Waals surface area contributed by atoms with Gasteiger partial charge in [-0.25, -0.2) is 0 Å². The molecule has 7 heteroatoms. The zero-order valence-corrected chi connectivity index (χ0v) is 18.7. The Morgan fingerprint density at radius 1 is 1.32 bits per heavy atom. The number of hydrogen-bond acceptors (Lipinski definition) is 4. The predicted molar refractivity (Wildman–Crippen MR) is 112 cm³/mol. The van der Waals surface area contributed by atoms with Crippen LogP contribution in [0, 0.1) is 11.3 Å². The van der Waals surface area contributed by atoms with Gasteiger partial charge in [0.2, 0.25) is 0 Å². The van der Waals surface area contributed by atoms with E-state index in [2.05, 4.69) is 36.4 Å². The fourth-order valence-electron chi connectivity index (χ4n) is 3.43. The summed E-state index contributed by atoms with van der Waals surface area (Å²) in [6.45, 7) is 10.8. The molecule has 1 saturated carbocycles. The molecule has 0 aromatic carbocycles. The summed E-state index contributed by atoms with van der Waals surface area (Å²) < 4.78 is 16.7. The molecule has 2 fully saturated rings. The molecule has 6 nitrogen and oxygen atoms in total. The molecule has 0 aromatic rings. The Morgan fingerprint density at radius 2 is 2.08 bits per heavy atom. The first kappa shape index (κ1) is 22.9. The third kappa shape index (κ3) is 5.68. The van der Waals surface area contributed by atoms with Gasteiger partial charge in [0.05, 0.1) is 18.8 Å². The van der Waals surface area contributed by atoms with Gasteiger partial charge in [0.25, 0.3) is 0 Å². The fourth-order valence-corrected chi connectivity index (χ4v) is 3.43. The van der Waals surface area contributed by atoms with Crippen molar-refractivity contribution in [2.24, 2.45) is 16.3 Å². The summed E-state index contributed by atoms with van der Waals surface area (Å²) in [6.07, 6.45) is 3.09. The van der Waals surface area contributed by atoms with E-state index in [9.17, 15) is 0 Å². The second kappa shape index (κ2) is 10.3. The molecule has 25 heavy (non-hydrogen) atoms. The number of nitrogens with zero attached hydrogens (tertiary/aromatic N) is 1. The van der Waals surface area contributed by atoms with Gasteiger partial charge in [0.15, 0.2) is 5.96 Å². The highest BCUT2D eigenvalue weighted by Crippen LogP contribution is 2.51. The molecule has 1 aliphatic carbocycles. The van der Waals surface area contributed by atoms with Gasteiger partial charge in [-0.1, -0.05) is 13.8 Å². The van der Waals surface area contributed by atoms with E-state index in [0.717, 1.165) is 58.2 Å². The topological polar surface area (TPSA) is 64.1 Å². The van der Waals surface area contributed by atoms with E-state index in [1.54, 1.807) is 7.11 Å². The summed E-state index contributed by atoms with van der Waals surface area (Å²) in [5, 5.41) is 6.89. The van der Waals surface area contributed by atoms with E-state index in [1.807, 2.05) is 7.05 Å². The fraction of sp³-hybridized carbons (Fsp3) is 0.944. The van der Waals surface area contributed by atoms with Crippen molar-refractivity contribution in [2.45, 2.75) is 51.7 Å². The third-order valence-electron chi connectivity index (χ3n) is 5.95. The Labute approximate surface area is 169 Å². The van der Waals surface area contributed by atoms with Crippen LogP contribution in [-0.2, 0) is 14.2 Å². The van der Waals surface area contributed by atoms with E-state index in [4.69, 9.17) is 14.2 Å². The molecule has 1 heterocycles. The average Bonchev–Trinajstić information content (AvgIpc) is 3.08. The summed E-state index contributed by atoms with van der Waals surface area (Å²) >= 11 is 0. The van der Waals surface area contributed by atoms with Crippen molar-refractivity contribution in [1.82, 2.24) is 10.6 Å². The Kier molecular flexibility index (Phi) is 9.42. The van der Waals surface area contributed by atoms with Crippen molar-refractivity contribution < 1.29 is 14.2 Å². The normalized spacial score (nSPS) is 31.2. The van der Waals surface area contributed by atoms with Gasteiger partial charge in [-0.2, -0.15) is 0 Å². The van der Waals surface area contributed by atoms with E-state index in [0.29, 0.717) is 12.0 Å². The van der Waals surface area contributed by atoms with Gasteiger partial charge in [-0.15, -0.1) is 24.0 Å². The quantitative estimate of drug-likeness (QED) is 0.248. The Morgan fingerprint density at radius 3 is 2.64 bits per heavy atom. The second-order valence-corrected chi connectivity index (χ2v) is 7.71. The van der Waals surface area contributed by atoms with Crippen LogP contribution in [-0.4, -0.2) is 64.7 Å². The van der Waals surface area contributed by atoms with Crippen molar-refractivity contribution in [3.05, 3.63) is 0 Å². The molecule has 148 valence electrons. The van der Waals surface area contributed by atoms with Crippen LogP contribution in [0.5, 0.6) is 0 Å². The van der Waals surface area contributed by atoms with Crippen LogP contribution in [0.2, 0.25) is 0 Å². The summed E-state index contributed by atoms with van der Waals surface area (Å²) in [5.41, 5.74) is 0.00709. The molecule has 1 aliphatic heterocycles. The van der Waals surface area contributed by atoms with Crippen molar-refractivity contribution >= 4 is 29.9 Å². The average molecular weight is 469 g/mol. The first-order valence-electron chi connectivity index (χ1n) is 9.11. The molecule has 2 rings (SSSR count). The molecule has 0 radical (unpaired) electrons. The summed E-state index contributed by atoms with van der Waals surface area (Å²) in [7, 11) is 3.61. The van der Waals surface area contributed by atoms with Crippen molar-refractivity contribution in [3.8, 4) is 0 Å². The largest absolute Gasteiger partial charge is 0.381 e. The van der Waals surface area contributed by atoms with Gasteiger partial charge in [-0.05, 0) is 26.2 Å². The van der Waals surface area contributed by atoms with E-state index in [1.165, 1.54) is 0 Å². The SMILES string of the molecule is CN=C(NCCCOCC1CCOC1)NC1CC(C)(OC)C1(C)C.I. The van der Waals surface area contributed by atoms with Crippen molar-refractivity contribution in [3.63, 3.8) is 0 Å². The number of halogens is 1. The first-order chi connectivity index (χ1) is 11.4. The molecule has 0 bridgehead atoms. The lowest BCUT2D eigenvalue weighted by atomic mass is 9.56. The molecule has 2 aliphatic rings. The molecular weight excluding hydrogens is 433 g/mol. The molecular formula is C18H36IN3O3. The van der Waals surface area contributed by atoms with Crippen LogP contribution >= 0.6 is 24.0 Å². The maximum atomic E-state index is 5.72. The maximum Gasteiger partial charge on any atom is 0.191 e. The van der Waals surface area contributed by atoms with Gasteiger partial charge in [-0.3, -0.25) is 4.99 Å². The van der Waals surface area contributed by atoms with Crippen LogP contribution in [0.1, 0.15) is 40.0 Å². The van der Waals surface area contributed by atoms with Crippen LogP contribution in [0.15, 0.2) is 4.99 Å². The molecule has 0 amide bonds. The van der Waals surface area contributed by atoms with Gasteiger partial charge in [0, 0.05) is 51.3 Å². The van der Waals surface area contributed by atoms with Crippen molar-refractivity contribution in [1.29, 1.82) is 0 Å². The smallest absolute Gasteiger partial charge is 0.191 e. The van der Waals surface area contributed by atoms with E-state index in [-0.39, 0.29) is 35.0 Å². The zero-order chi connectivity index (χ0) is 17.6. The molecule has 0 spiro atoms. The van der Waals surface area contributed by atoms with Gasteiger partial charge in [0.1, 0.15) is 0 Å². The maximum absolute atomic E-state index is 5.72. The Balaban J connectivity index is 0.00000312. The monoisotopic (exact) mass is 469 g/mol. The Hall–Kier alpha value is -0.120. The Bertz CT molecular complexity index is 428. The minimum atomic E-state index is -0.0681. The van der Waals surface area contributed by atoms with E-state index >= 15 is 0 Å². The van der Waals surface area contributed by atoms with Gasteiger partial charge < -0.3 is 24.8 Å². The first-order valence-corrected chi connectivity index (χ1v) is 9.11. The van der Waals surface area contributed by atoms with Gasteiger partial charge >= 0.3 is 0 Å². The number of aliphatic imine (C=N–C) groups is 1. The number of nitrogens with one attached hydrogen (secondary N) is 2. The standard InChI is InChI=1S/C18H35N3O3.HI/c1-17(2)15(11-18(17,3)22-5)21-16(19-4)20-8-6-9-23-12-14-7-10-24-13-14;/h14-15H,6-13H2,1-5H3,(H2,19,20,21);1H. The number of rotatable bonds is 8. The molecule has 2 N–H and O–H groups in total. The summed E-state index contributed by atoms with van der Waals surface area (Å²) in [4.78, 5) is 4.33. The number of methoxy groups -OCH3 is 1. The highest BCUT2D eigenvalue weighted by molar-refractivity contribution is 14.0. The number of hydrogen-bond donors (Lipinski definition) is 2. The molecule has 3 unspecified atom stereocenters. The second-order valence-electron chi connectivity index (χ2n) is 7.71. The zero-order valence-electron chi connectivity index (χ0n) is 16.4. The van der Waals surface area contributed by atoms with Crippen molar-refractivity contribution in [2.75, 3.05) is 47.1 Å². The summed E-state index contributed by atoms with van der Waals surface area (Å²) in [5.74, 6) is 1.44. The third-order valence-corrected chi connectivity index (χ3v) is 5.95. The van der Waals surface area contributed by atoms with Crippen LogP contribution in [0.4, 0.5) is 0 Å². The highest BCUT2D eigenvalue weighted by atomic mass is 127. The molecule has 0 aromatic heterocycles. The molecule has 3 atom stereocenters. The predicted octanol–water partition coefficient (Wildman–Crippen LogP) is 2.42. The number of ether oxygens (including phenoxy) is 3. The van der Waals surface area contributed by atoms with Crippen LogP contribution in [0.25, 0.3) is 0 Å². The minimum absolute atomic E-state index is 0. The minimum Gasteiger partial charge on any atom is -0.381 e. The number of guanidine groups is 1. The lowest BCUT2D eigenvalue weighted by molar-refractivity contribution is -0.176.